The summed E-state index contributed by atoms with van der Waals surface area (Å²) in [6.07, 6.45) is 1.08. The molecule has 7 nitrogen and oxygen atoms in total. The molecule has 4 N–H and O–H groups in total. The Morgan fingerprint density at radius 1 is 1.00 bits per heavy atom. The summed E-state index contributed by atoms with van der Waals surface area (Å²) in [6, 6.07) is 0. The number of aliphatic hydroxyl groups is 1. The van der Waals surface area contributed by atoms with Crippen LogP contribution < -0.4 is 11.1 Å². The van der Waals surface area contributed by atoms with Gasteiger partial charge in [0.15, 0.2) is 0 Å². The summed E-state index contributed by atoms with van der Waals surface area (Å²) in [5.41, 5.74) is 5.25. The maximum absolute atomic E-state index is 11.3. The second kappa shape index (κ2) is 15.3. The van der Waals surface area contributed by atoms with Gasteiger partial charge in [-0.05, 0) is 6.42 Å². The molecule has 0 atom stereocenters. The van der Waals surface area contributed by atoms with E-state index in [9.17, 15) is 4.79 Å². The van der Waals surface area contributed by atoms with Crippen molar-refractivity contribution in [3.8, 4) is 0 Å². The first kappa shape index (κ1) is 18.3. The number of carbonyl (C=O) groups excluding carboxylic acids is 1. The van der Waals surface area contributed by atoms with Gasteiger partial charge in [-0.3, -0.25) is 4.79 Å². The number of hydrogen-bond acceptors (Lipinski definition) is 6. The summed E-state index contributed by atoms with van der Waals surface area (Å²) in [7, 11) is 0. The van der Waals surface area contributed by atoms with Gasteiger partial charge < -0.3 is 30.4 Å². The minimum Gasteiger partial charge on any atom is -0.394 e. The standard InChI is InChI=1S/C12H26N2O5/c13-3-8-19-11-10-18-7-2-12(16)14-4-1-6-17-9-5-15/h15H,1-11,13H2,(H,14,16). The van der Waals surface area contributed by atoms with E-state index in [1.165, 1.54) is 0 Å². The van der Waals surface area contributed by atoms with Gasteiger partial charge in [0, 0.05) is 26.1 Å². The summed E-state index contributed by atoms with van der Waals surface area (Å²) in [5.74, 6) is -0.0370. The number of ether oxygens (including phenoxy) is 3. The van der Waals surface area contributed by atoms with Crippen molar-refractivity contribution in [1.82, 2.24) is 5.32 Å². The number of nitrogens with one attached hydrogen (secondary N) is 1. The molecule has 0 heterocycles. The number of carbonyl (C=O) groups is 1. The molecular weight excluding hydrogens is 252 g/mol. The van der Waals surface area contributed by atoms with E-state index in [1.54, 1.807) is 0 Å². The van der Waals surface area contributed by atoms with E-state index >= 15 is 0 Å². The van der Waals surface area contributed by atoms with Crippen LogP contribution in [0.3, 0.4) is 0 Å². The lowest BCUT2D eigenvalue weighted by atomic mass is 10.4. The molecule has 0 saturated heterocycles. The van der Waals surface area contributed by atoms with Crippen molar-refractivity contribution >= 4 is 5.91 Å². The van der Waals surface area contributed by atoms with Gasteiger partial charge in [-0.1, -0.05) is 0 Å². The molecular formula is C12H26N2O5. The predicted octanol–water partition coefficient (Wildman–Crippen LogP) is -1.12. The van der Waals surface area contributed by atoms with Crippen molar-refractivity contribution in [1.29, 1.82) is 0 Å². The fourth-order valence-corrected chi connectivity index (χ4v) is 1.23. The third-order valence-corrected chi connectivity index (χ3v) is 2.13. The lowest BCUT2D eigenvalue weighted by Crippen LogP contribution is -2.26. The van der Waals surface area contributed by atoms with Crippen LogP contribution in [-0.4, -0.2) is 70.4 Å². The van der Waals surface area contributed by atoms with E-state index in [2.05, 4.69) is 5.32 Å². The third kappa shape index (κ3) is 15.2. The fourth-order valence-electron chi connectivity index (χ4n) is 1.23. The Hall–Kier alpha value is -0.730. The SMILES string of the molecule is NCCOCCOCCC(=O)NCCCOCCO. The molecule has 0 saturated carbocycles. The van der Waals surface area contributed by atoms with E-state index < -0.39 is 0 Å². The summed E-state index contributed by atoms with van der Waals surface area (Å²) >= 11 is 0. The molecule has 0 aliphatic heterocycles. The molecule has 0 aliphatic carbocycles. The van der Waals surface area contributed by atoms with Crippen molar-refractivity contribution in [3.63, 3.8) is 0 Å². The van der Waals surface area contributed by atoms with Gasteiger partial charge in [0.25, 0.3) is 0 Å². The smallest absolute Gasteiger partial charge is 0.222 e. The first-order chi connectivity index (χ1) is 9.31. The molecule has 0 bridgehead atoms. The predicted molar refractivity (Wildman–Crippen MR) is 70.8 cm³/mol. The second-order valence-electron chi connectivity index (χ2n) is 3.80. The second-order valence-corrected chi connectivity index (χ2v) is 3.80. The van der Waals surface area contributed by atoms with Gasteiger partial charge in [-0.2, -0.15) is 0 Å². The molecule has 0 unspecified atom stereocenters. The Labute approximate surface area is 114 Å². The summed E-state index contributed by atoms with van der Waals surface area (Å²) in [6.45, 7) is 3.88. The molecule has 0 rings (SSSR count). The molecule has 19 heavy (non-hydrogen) atoms. The Kier molecular flexibility index (Phi) is 14.7. The monoisotopic (exact) mass is 278 g/mol. The average Bonchev–Trinajstić information content (AvgIpc) is 2.41. The summed E-state index contributed by atoms with van der Waals surface area (Å²) in [4.78, 5) is 11.3. The zero-order chi connectivity index (χ0) is 14.2. The van der Waals surface area contributed by atoms with Crippen LogP contribution >= 0.6 is 0 Å². The van der Waals surface area contributed by atoms with Gasteiger partial charge in [0.2, 0.25) is 5.91 Å². The highest BCUT2D eigenvalue weighted by atomic mass is 16.5. The Bertz CT molecular complexity index is 205. The van der Waals surface area contributed by atoms with E-state index in [1.807, 2.05) is 0 Å². The Balaban J connectivity index is 3.13. The minimum atomic E-state index is -0.0370. The molecule has 0 fully saturated rings. The maximum Gasteiger partial charge on any atom is 0.222 e. The molecule has 1 amide bonds. The lowest BCUT2D eigenvalue weighted by molar-refractivity contribution is -0.122. The largest absolute Gasteiger partial charge is 0.394 e. The van der Waals surface area contributed by atoms with Crippen LogP contribution in [0.2, 0.25) is 0 Å². The van der Waals surface area contributed by atoms with Crippen molar-refractivity contribution in [2.75, 3.05) is 59.3 Å². The molecule has 114 valence electrons. The number of hydrogen-bond donors (Lipinski definition) is 3. The Morgan fingerprint density at radius 3 is 2.37 bits per heavy atom. The summed E-state index contributed by atoms with van der Waals surface area (Å²) in [5, 5.41) is 11.2. The first-order valence-electron chi connectivity index (χ1n) is 6.62. The maximum atomic E-state index is 11.3. The highest BCUT2D eigenvalue weighted by Gasteiger charge is 2.00. The van der Waals surface area contributed by atoms with Crippen LogP contribution in [0.5, 0.6) is 0 Å². The number of rotatable bonds is 14. The normalized spacial score (nSPS) is 10.6. The van der Waals surface area contributed by atoms with Crippen molar-refractivity contribution < 1.29 is 24.1 Å². The quantitative estimate of drug-likeness (QED) is 0.348. The van der Waals surface area contributed by atoms with Crippen LogP contribution in [0.15, 0.2) is 0 Å². The van der Waals surface area contributed by atoms with E-state index in [0.29, 0.717) is 59.2 Å². The van der Waals surface area contributed by atoms with Crippen molar-refractivity contribution in [3.05, 3.63) is 0 Å². The fraction of sp³-hybridized carbons (Fsp3) is 0.917. The lowest BCUT2D eigenvalue weighted by Gasteiger charge is -2.07. The molecule has 0 aromatic carbocycles. The van der Waals surface area contributed by atoms with Crippen LogP contribution in [0.1, 0.15) is 12.8 Å². The van der Waals surface area contributed by atoms with Gasteiger partial charge in [0.05, 0.1) is 39.6 Å². The van der Waals surface area contributed by atoms with Crippen molar-refractivity contribution in [2.45, 2.75) is 12.8 Å². The first-order valence-corrected chi connectivity index (χ1v) is 6.62. The van der Waals surface area contributed by atoms with Gasteiger partial charge >= 0.3 is 0 Å². The van der Waals surface area contributed by atoms with Gasteiger partial charge in [0.1, 0.15) is 0 Å². The topological polar surface area (TPSA) is 103 Å². The molecule has 0 spiro atoms. The molecule has 0 aromatic rings. The molecule has 0 aliphatic rings. The number of nitrogens with two attached hydrogens (primary N) is 1. The van der Waals surface area contributed by atoms with E-state index in [4.69, 9.17) is 25.1 Å². The number of aliphatic hydroxyl groups excluding tert-OH is 1. The van der Waals surface area contributed by atoms with Crippen molar-refractivity contribution in [2.24, 2.45) is 5.73 Å². The van der Waals surface area contributed by atoms with Crippen LogP contribution in [0, 0.1) is 0 Å². The highest BCUT2D eigenvalue weighted by Crippen LogP contribution is 1.86. The van der Waals surface area contributed by atoms with Crippen LogP contribution in [0.25, 0.3) is 0 Å². The average molecular weight is 278 g/mol. The molecule has 0 radical (unpaired) electrons. The zero-order valence-corrected chi connectivity index (χ0v) is 11.4. The number of amides is 1. The molecule has 0 aromatic heterocycles. The minimum absolute atomic E-state index is 0.0265. The van der Waals surface area contributed by atoms with Crippen LogP contribution in [0.4, 0.5) is 0 Å². The van der Waals surface area contributed by atoms with Crippen LogP contribution in [-0.2, 0) is 19.0 Å². The Morgan fingerprint density at radius 2 is 1.68 bits per heavy atom. The summed E-state index contributed by atoms with van der Waals surface area (Å²) < 4.78 is 15.4. The van der Waals surface area contributed by atoms with Gasteiger partial charge in [-0.15, -0.1) is 0 Å². The third-order valence-electron chi connectivity index (χ3n) is 2.13. The van der Waals surface area contributed by atoms with Gasteiger partial charge in [-0.25, -0.2) is 0 Å². The van der Waals surface area contributed by atoms with E-state index in [0.717, 1.165) is 6.42 Å². The van der Waals surface area contributed by atoms with E-state index in [-0.39, 0.29) is 12.5 Å². The zero-order valence-electron chi connectivity index (χ0n) is 11.4. The highest BCUT2D eigenvalue weighted by molar-refractivity contribution is 5.75. The molecule has 7 heteroatoms.